The quantitative estimate of drug-likeness (QED) is 0.578. The molecule has 2 aliphatic carbocycles. The molecule has 0 radical (unpaired) electrons. The van der Waals surface area contributed by atoms with Crippen molar-refractivity contribution in [2.75, 3.05) is 0 Å². The third-order valence-corrected chi connectivity index (χ3v) is 4.06. The Balaban J connectivity index is 1.93. The van der Waals surface area contributed by atoms with Crippen molar-refractivity contribution >= 4 is 0 Å². The van der Waals surface area contributed by atoms with Crippen molar-refractivity contribution < 1.29 is 0 Å². The molecule has 0 amide bonds. The maximum atomic E-state index is 2.57. The van der Waals surface area contributed by atoms with Crippen LogP contribution in [0, 0.1) is 11.8 Å². The minimum atomic E-state index is 0.932. The van der Waals surface area contributed by atoms with Gasteiger partial charge in [-0.25, -0.2) is 0 Å². The van der Waals surface area contributed by atoms with Crippen molar-refractivity contribution in [3.63, 3.8) is 0 Å². The normalized spacial score (nSPS) is 28.2. The molecule has 0 heteroatoms. The molecule has 0 nitrogen and oxygen atoms in total. The molecule has 1 saturated carbocycles. The number of hydrogen-bond acceptors (Lipinski definition) is 0. The minimum absolute atomic E-state index is 0.932. The van der Waals surface area contributed by atoms with Crippen LogP contribution in [0.1, 0.15) is 52.9 Å². The summed E-state index contributed by atoms with van der Waals surface area (Å²) < 4.78 is 0. The molecule has 0 aromatic heterocycles. The van der Waals surface area contributed by atoms with Crippen molar-refractivity contribution in [3.05, 3.63) is 34.9 Å². The highest BCUT2D eigenvalue weighted by Crippen LogP contribution is 2.45. The summed E-state index contributed by atoms with van der Waals surface area (Å²) >= 11 is 0. The predicted molar refractivity (Wildman–Crippen MR) is 71.3 cm³/mol. The molecule has 0 spiro atoms. The summed E-state index contributed by atoms with van der Waals surface area (Å²) in [6.07, 6.45) is 14.0. The van der Waals surface area contributed by atoms with Crippen LogP contribution in [-0.4, -0.2) is 0 Å². The van der Waals surface area contributed by atoms with Gasteiger partial charge in [0, 0.05) is 0 Å². The van der Waals surface area contributed by atoms with E-state index in [1.54, 1.807) is 11.1 Å². The third-order valence-electron chi connectivity index (χ3n) is 4.06. The van der Waals surface area contributed by atoms with Gasteiger partial charge in [-0.05, 0) is 64.7 Å². The number of allylic oxidation sites excluding steroid dienone is 6. The van der Waals surface area contributed by atoms with Gasteiger partial charge in [0.05, 0.1) is 0 Å². The zero-order chi connectivity index (χ0) is 11.5. The summed E-state index contributed by atoms with van der Waals surface area (Å²) in [5.74, 6) is 1.87. The molecule has 0 N–H and O–H groups in total. The van der Waals surface area contributed by atoms with Gasteiger partial charge in [-0.3, -0.25) is 0 Å². The Bertz CT molecular complexity index is 337. The fourth-order valence-corrected chi connectivity index (χ4v) is 3.04. The molecular weight excluding hydrogens is 192 g/mol. The van der Waals surface area contributed by atoms with E-state index in [9.17, 15) is 0 Å². The molecule has 0 saturated heterocycles. The Labute approximate surface area is 100 Å². The summed E-state index contributed by atoms with van der Waals surface area (Å²) in [6, 6.07) is 0. The Morgan fingerprint density at radius 3 is 2.69 bits per heavy atom. The Morgan fingerprint density at radius 1 is 1.38 bits per heavy atom. The molecule has 2 unspecified atom stereocenters. The standard InChI is InChI=1S/C16H24/c1-4-13(6-5-12(2)3)9-16-11-14-7-8-15(16)10-14/h4-5,11,14-15H,6-10H2,1-3H3. The molecule has 1 fully saturated rings. The SMILES string of the molecule is CC=C(CC=C(C)C)CC1=CC2CCC1C2. The van der Waals surface area contributed by atoms with E-state index in [-0.39, 0.29) is 0 Å². The van der Waals surface area contributed by atoms with E-state index in [1.807, 2.05) is 0 Å². The first-order chi connectivity index (χ1) is 7.69. The lowest BCUT2D eigenvalue weighted by atomic mass is 9.91. The molecular formula is C16H24. The molecule has 2 rings (SSSR count). The van der Waals surface area contributed by atoms with Crippen molar-refractivity contribution in [1.29, 1.82) is 0 Å². The van der Waals surface area contributed by atoms with E-state index in [0.29, 0.717) is 0 Å². The minimum Gasteiger partial charge on any atom is -0.0878 e. The van der Waals surface area contributed by atoms with Crippen LogP contribution in [0.4, 0.5) is 0 Å². The molecule has 2 bridgehead atoms. The summed E-state index contributed by atoms with van der Waals surface area (Å²) in [6.45, 7) is 6.55. The van der Waals surface area contributed by atoms with Gasteiger partial charge in [0.1, 0.15) is 0 Å². The number of rotatable bonds is 4. The monoisotopic (exact) mass is 216 g/mol. The predicted octanol–water partition coefficient (Wildman–Crippen LogP) is 5.04. The van der Waals surface area contributed by atoms with Gasteiger partial charge in [-0.15, -0.1) is 0 Å². The Hall–Kier alpha value is -0.780. The molecule has 0 aromatic rings. The molecule has 0 heterocycles. The van der Waals surface area contributed by atoms with E-state index < -0.39 is 0 Å². The fraction of sp³-hybridized carbons (Fsp3) is 0.625. The van der Waals surface area contributed by atoms with E-state index in [0.717, 1.165) is 18.3 Å². The second-order valence-electron chi connectivity index (χ2n) is 5.62. The van der Waals surface area contributed by atoms with Crippen LogP contribution in [-0.2, 0) is 0 Å². The lowest BCUT2D eigenvalue weighted by Gasteiger charge is -2.14. The van der Waals surface area contributed by atoms with E-state index in [4.69, 9.17) is 0 Å². The van der Waals surface area contributed by atoms with Gasteiger partial charge in [-0.2, -0.15) is 0 Å². The van der Waals surface area contributed by atoms with Crippen LogP contribution >= 0.6 is 0 Å². The van der Waals surface area contributed by atoms with Crippen molar-refractivity contribution in [2.45, 2.75) is 52.9 Å². The summed E-state index contributed by atoms with van der Waals surface area (Å²) in [4.78, 5) is 0. The van der Waals surface area contributed by atoms with Crippen LogP contribution < -0.4 is 0 Å². The zero-order valence-electron chi connectivity index (χ0n) is 10.9. The van der Waals surface area contributed by atoms with Gasteiger partial charge in [-0.1, -0.05) is 34.9 Å². The lowest BCUT2D eigenvalue weighted by Crippen LogP contribution is -1.98. The molecule has 0 aromatic carbocycles. The average molecular weight is 216 g/mol. The zero-order valence-corrected chi connectivity index (χ0v) is 10.9. The topological polar surface area (TPSA) is 0 Å². The maximum Gasteiger partial charge on any atom is -0.0103 e. The molecule has 88 valence electrons. The Kier molecular flexibility index (Phi) is 3.68. The average Bonchev–Trinajstić information content (AvgIpc) is 2.85. The Morgan fingerprint density at radius 2 is 2.19 bits per heavy atom. The highest BCUT2D eigenvalue weighted by atomic mass is 14.4. The first-order valence-electron chi connectivity index (χ1n) is 6.67. The largest absolute Gasteiger partial charge is 0.0878 e. The second kappa shape index (κ2) is 5.03. The van der Waals surface area contributed by atoms with Crippen molar-refractivity contribution in [1.82, 2.24) is 0 Å². The molecule has 2 aliphatic rings. The fourth-order valence-electron chi connectivity index (χ4n) is 3.04. The van der Waals surface area contributed by atoms with Gasteiger partial charge < -0.3 is 0 Å². The van der Waals surface area contributed by atoms with Crippen LogP contribution in [0.2, 0.25) is 0 Å². The molecule has 16 heavy (non-hydrogen) atoms. The van der Waals surface area contributed by atoms with E-state index >= 15 is 0 Å². The van der Waals surface area contributed by atoms with Crippen LogP contribution in [0.15, 0.2) is 34.9 Å². The number of fused-ring (bicyclic) bond motifs is 2. The highest BCUT2D eigenvalue weighted by Gasteiger charge is 2.32. The maximum absolute atomic E-state index is 2.57. The molecule has 2 atom stereocenters. The highest BCUT2D eigenvalue weighted by molar-refractivity contribution is 5.26. The molecule has 0 aliphatic heterocycles. The third kappa shape index (κ3) is 2.66. The van der Waals surface area contributed by atoms with Crippen molar-refractivity contribution in [3.8, 4) is 0 Å². The first-order valence-corrected chi connectivity index (χ1v) is 6.67. The smallest absolute Gasteiger partial charge is 0.0103 e. The van der Waals surface area contributed by atoms with Gasteiger partial charge in [0.25, 0.3) is 0 Å². The number of hydrogen-bond donors (Lipinski definition) is 0. The van der Waals surface area contributed by atoms with Crippen LogP contribution in [0.25, 0.3) is 0 Å². The summed E-state index contributed by atoms with van der Waals surface area (Å²) in [5, 5.41) is 0. The van der Waals surface area contributed by atoms with Crippen molar-refractivity contribution in [2.24, 2.45) is 11.8 Å². The second-order valence-corrected chi connectivity index (χ2v) is 5.62. The summed E-state index contributed by atoms with van der Waals surface area (Å²) in [5.41, 5.74) is 4.77. The summed E-state index contributed by atoms with van der Waals surface area (Å²) in [7, 11) is 0. The first kappa shape index (κ1) is 11.7. The van der Waals surface area contributed by atoms with Gasteiger partial charge in [0.15, 0.2) is 0 Å². The van der Waals surface area contributed by atoms with Crippen LogP contribution in [0.3, 0.4) is 0 Å². The van der Waals surface area contributed by atoms with Gasteiger partial charge in [0.2, 0.25) is 0 Å². The van der Waals surface area contributed by atoms with E-state index in [2.05, 4.69) is 39.0 Å². The van der Waals surface area contributed by atoms with Crippen LogP contribution in [0.5, 0.6) is 0 Å². The van der Waals surface area contributed by atoms with E-state index in [1.165, 1.54) is 31.3 Å². The lowest BCUT2D eigenvalue weighted by molar-refractivity contribution is 0.638. The van der Waals surface area contributed by atoms with Gasteiger partial charge >= 0.3 is 0 Å².